The molecule has 1 amide bonds. The molecular formula is C81H152N2O7P+. The molecule has 2 N–H and O–H groups in total. The smallest absolute Gasteiger partial charge is 0.456 e. The van der Waals surface area contributed by atoms with Gasteiger partial charge in [0.1, 0.15) is 19.3 Å². The summed E-state index contributed by atoms with van der Waals surface area (Å²) in [5.41, 5.74) is 0. The molecule has 3 unspecified atom stereocenters. The minimum Gasteiger partial charge on any atom is -0.456 e. The number of hydrogen-bond acceptors (Lipinski definition) is 6. The molecular weight excluding hydrogens is 1140 g/mol. The summed E-state index contributed by atoms with van der Waals surface area (Å²) < 4.78 is 30.9. The molecule has 10 heteroatoms. The monoisotopic (exact) mass is 1300 g/mol. The van der Waals surface area contributed by atoms with Crippen LogP contribution < -0.4 is 5.32 Å². The number of esters is 1. The van der Waals surface area contributed by atoms with E-state index in [0.29, 0.717) is 23.9 Å². The van der Waals surface area contributed by atoms with Crippen LogP contribution in [0.2, 0.25) is 0 Å². The van der Waals surface area contributed by atoms with Crippen LogP contribution in [0.4, 0.5) is 0 Å². The van der Waals surface area contributed by atoms with Crippen molar-refractivity contribution in [2.75, 3.05) is 40.9 Å². The number of nitrogens with one attached hydrogen (secondary N) is 1. The summed E-state index contributed by atoms with van der Waals surface area (Å²) in [6.45, 7) is 7.01. The summed E-state index contributed by atoms with van der Waals surface area (Å²) in [6, 6.07) is -0.850. The minimum atomic E-state index is -4.46. The van der Waals surface area contributed by atoms with Crippen molar-refractivity contribution in [3.05, 3.63) is 72.9 Å². The first-order chi connectivity index (χ1) is 44.4. The molecule has 532 valence electrons. The lowest BCUT2D eigenvalue weighted by Gasteiger charge is -2.27. The predicted molar refractivity (Wildman–Crippen MR) is 397 cm³/mol. The SMILES string of the molecule is CCCCC/C=C\C/C=C\C/C=C\CCCCCCCCCCCCCCCCC(=O)OC(/C=C/CCCCCCCCCCC)C(COP(=O)(O)OCC[N+](C)(C)C)NC(=O)CCCCCCCCCCCCCCCCCCC/C=C\C/C=C\CCCCC. The van der Waals surface area contributed by atoms with Crippen LogP contribution in [-0.2, 0) is 27.9 Å². The molecule has 0 aromatic carbocycles. The fraction of sp³-hybridized carbons (Fsp3) is 0.827. The van der Waals surface area contributed by atoms with Gasteiger partial charge in [0, 0.05) is 12.8 Å². The second-order valence-electron chi connectivity index (χ2n) is 27.9. The third-order valence-corrected chi connectivity index (χ3v) is 18.6. The van der Waals surface area contributed by atoms with E-state index in [2.05, 4.69) is 86.8 Å². The highest BCUT2D eigenvalue weighted by molar-refractivity contribution is 7.47. The van der Waals surface area contributed by atoms with Gasteiger partial charge in [0.25, 0.3) is 0 Å². The van der Waals surface area contributed by atoms with Gasteiger partial charge in [-0.05, 0) is 102 Å². The summed E-state index contributed by atoms with van der Waals surface area (Å²) in [7, 11) is 1.51. The van der Waals surface area contributed by atoms with E-state index in [1.165, 1.54) is 270 Å². The summed E-state index contributed by atoms with van der Waals surface area (Å²) >= 11 is 0. The summed E-state index contributed by atoms with van der Waals surface area (Å²) in [5, 5.41) is 3.08. The van der Waals surface area contributed by atoms with Gasteiger partial charge in [0.05, 0.1) is 33.8 Å². The maximum Gasteiger partial charge on any atom is 0.472 e. The number of phosphoric ester groups is 1. The molecule has 0 saturated heterocycles. The standard InChI is InChI=1S/C81H151N2O7P/c1-7-10-13-16-19-22-25-27-29-31-33-35-37-39-41-43-45-47-49-51-53-55-58-61-64-67-70-73-80(84)82-78(77-89-91(86,87)88-76-75-83(4,5)6)79(72-69-66-63-60-57-24-21-18-15-12-9-3)90-81(85)74-71-68-65-62-59-56-54-52-50-48-46-44-42-40-38-36-34-32-30-28-26-23-20-17-14-11-8-2/h19-20,22-23,27-30,34,36,69,72,78-79H,7-18,21,24-26,31-33,35,37-68,70-71,73-77H2,1-6H3,(H-,82,84,86,87)/p+1/b22-19-,23-20-,29-27-,30-28-,36-34-,72-69+. The van der Waals surface area contributed by atoms with Crippen LogP contribution in [0.5, 0.6) is 0 Å². The number of hydrogen-bond donors (Lipinski definition) is 2. The molecule has 91 heavy (non-hydrogen) atoms. The van der Waals surface area contributed by atoms with Crippen LogP contribution >= 0.6 is 7.82 Å². The molecule has 0 rings (SSSR count). The van der Waals surface area contributed by atoms with Crippen molar-refractivity contribution in [2.45, 2.75) is 392 Å². The molecule has 0 aliphatic carbocycles. The number of unbranched alkanes of at least 4 members (excludes halogenated alkanes) is 46. The fourth-order valence-corrected chi connectivity index (χ4v) is 12.3. The van der Waals surface area contributed by atoms with E-state index in [9.17, 15) is 19.0 Å². The predicted octanol–water partition coefficient (Wildman–Crippen LogP) is 25.5. The van der Waals surface area contributed by atoms with E-state index in [1.807, 2.05) is 33.3 Å². The number of likely N-dealkylation sites (N-methyl/N-ethyl adjacent to an activating group) is 1. The maximum absolute atomic E-state index is 13.7. The first-order valence-corrected chi connectivity index (χ1v) is 40.8. The van der Waals surface area contributed by atoms with Crippen molar-refractivity contribution in [2.24, 2.45) is 0 Å². The number of amides is 1. The third-order valence-electron chi connectivity index (χ3n) is 17.6. The van der Waals surface area contributed by atoms with Gasteiger partial charge in [-0.15, -0.1) is 0 Å². The number of ether oxygens (including phenoxy) is 1. The lowest BCUT2D eigenvalue weighted by molar-refractivity contribution is -0.870. The lowest BCUT2D eigenvalue weighted by Crippen LogP contribution is -2.47. The molecule has 0 bridgehead atoms. The van der Waals surface area contributed by atoms with Crippen LogP contribution in [-0.4, -0.2) is 74.3 Å². The minimum absolute atomic E-state index is 0.0405. The van der Waals surface area contributed by atoms with Crippen LogP contribution in [0.15, 0.2) is 72.9 Å². The highest BCUT2D eigenvalue weighted by Crippen LogP contribution is 2.43. The zero-order chi connectivity index (χ0) is 66.3. The number of quaternary nitrogens is 1. The van der Waals surface area contributed by atoms with Crippen molar-refractivity contribution in [1.29, 1.82) is 0 Å². The Kier molecular flexibility index (Phi) is 68.3. The van der Waals surface area contributed by atoms with Gasteiger partial charge in [0.2, 0.25) is 5.91 Å². The normalized spacial score (nSPS) is 13.8. The van der Waals surface area contributed by atoms with Crippen molar-refractivity contribution in [1.82, 2.24) is 5.32 Å². The van der Waals surface area contributed by atoms with Gasteiger partial charge in [-0.3, -0.25) is 18.6 Å². The Labute approximate surface area is 565 Å². The highest BCUT2D eigenvalue weighted by atomic mass is 31.2. The van der Waals surface area contributed by atoms with Crippen LogP contribution in [0.1, 0.15) is 380 Å². The zero-order valence-electron chi connectivity index (χ0n) is 61.1. The zero-order valence-corrected chi connectivity index (χ0v) is 62.0. The average molecular weight is 1300 g/mol. The summed E-state index contributed by atoms with van der Waals surface area (Å²) in [5.74, 6) is -0.490. The largest absolute Gasteiger partial charge is 0.472 e. The number of carbonyl (C=O) groups is 2. The molecule has 0 fully saturated rings. The average Bonchev–Trinajstić information content (AvgIpc) is 3.03. The Balaban J connectivity index is 4.87. The molecule has 0 aromatic rings. The number of allylic oxidation sites excluding steroid dienone is 11. The van der Waals surface area contributed by atoms with Gasteiger partial charge in [-0.2, -0.15) is 0 Å². The van der Waals surface area contributed by atoms with E-state index in [1.54, 1.807) is 0 Å². The second-order valence-corrected chi connectivity index (χ2v) is 29.3. The van der Waals surface area contributed by atoms with Crippen molar-refractivity contribution in [3.8, 4) is 0 Å². The van der Waals surface area contributed by atoms with Gasteiger partial charge < -0.3 is 19.4 Å². The summed E-state index contributed by atoms with van der Waals surface area (Å²) in [6.07, 6.45) is 93.7. The number of carbonyl (C=O) groups excluding carboxylic acids is 2. The van der Waals surface area contributed by atoms with E-state index in [4.69, 9.17) is 13.8 Å². The fourth-order valence-electron chi connectivity index (χ4n) is 11.6. The maximum atomic E-state index is 13.7. The molecule has 0 saturated carbocycles. The molecule has 0 aliphatic rings. The number of phosphoric acid groups is 1. The van der Waals surface area contributed by atoms with E-state index in [0.717, 1.165) is 77.0 Å². The second kappa shape index (κ2) is 70.3. The quantitative estimate of drug-likeness (QED) is 0.0205. The Morgan fingerprint density at radius 3 is 1.02 bits per heavy atom. The molecule has 0 spiro atoms. The van der Waals surface area contributed by atoms with Crippen molar-refractivity contribution in [3.63, 3.8) is 0 Å². The number of rotatable bonds is 72. The van der Waals surface area contributed by atoms with Gasteiger partial charge >= 0.3 is 13.8 Å². The van der Waals surface area contributed by atoms with Gasteiger partial charge in [-0.25, -0.2) is 4.57 Å². The van der Waals surface area contributed by atoms with Gasteiger partial charge in [0.15, 0.2) is 0 Å². The van der Waals surface area contributed by atoms with Crippen molar-refractivity contribution < 1.29 is 37.3 Å². The topological polar surface area (TPSA) is 111 Å². The molecule has 0 radical (unpaired) electrons. The first kappa shape index (κ1) is 88.5. The van der Waals surface area contributed by atoms with Crippen LogP contribution in [0, 0.1) is 0 Å². The Morgan fingerprint density at radius 2 is 0.670 bits per heavy atom. The molecule has 3 atom stereocenters. The van der Waals surface area contributed by atoms with E-state index < -0.39 is 20.0 Å². The summed E-state index contributed by atoms with van der Waals surface area (Å²) in [4.78, 5) is 38.0. The highest BCUT2D eigenvalue weighted by Gasteiger charge is 2.30. The Hall–Kier alpha value is -2.55. The van der Waals surface area contributed by atoms with E-state index in [-0.39, 0.29) is 25.1 Å². The lowest BCUT2D eigenvalue weighted by atomic mass is 10.0. The number of nitrogens with zero attached hydrogens (tertiary/aromatic N) is 1. The Morgan fingerprint density at radius 1 is 0.385 bits per heavy atom. The first-order valence-electron chi connectivity index (χ1n) is 39.3. The van der Waals surface area contributed by atoms with E-state index >= 15 is 0 Å². The van der Waals surface area contributed by atoms with Crippen LogP contribution in [0.25, 0.3) is 0 Å². The molecule has 9 nitrogen and oxygen atoms in total. The van der Waals surface area contributed by atoms with Crippen LogP contribution in [0.3, 0.4) is 0 Å². The third kappa shape index (κ3) is 71.6. The molecule has 0 aliphatic heterocycles. The van der Waals surface area contributed by atoms with Crippen molar-refractivity contribution >= 4 is 19.7 Å². The Bertz CT molecular complexity index is 1780. The van der Waals surface area contributed by atoms with Gasteiger partial charge in [-0.1, -0.05) is 338 Å². The molecule has 0 aromatic heterocycles. The molecule has 0 heterocycles.